The summed E-state index contributed by atoms with van der Waals surface area (Å²) < 4.78 is 4.88. The molecule has 0 unspecified atom stereocenters. The molecular weight excluding hydrogens is 232 g/mol. The second kappa shape index (κ2) is 7.36. The van der Waals surface area contributed by atoms with Crippen LogP contribution >= 0.6 is 15.9 Å². The van der Waals surface area contributed by atoms with E-state index in [-0.39, 0.29) is 5.97 Å². The Labute approximate surface area is 89.2 Å². The summed E-state index contributed by atoms with van der Waals surface area (Å²) in [5.41, 5.74) is 0. The monoisotopic (exact) mass is 250 g/mol. The molecule has 2 atom stereocenters. The van der Waals surface area contributed by atoms with Gasteiger partial charge in [-0.2, -0.15) is 0 Å². The molecule has 0 amide bonds. The van der Waals surface area contributed by atoms with E-state index in [0.29, 0.717) is 24.9 Å². The summed E-state index contributed by atoms with van der Waals surface area (Å²) in [6.07, 6.45) is 1.62. The Bertz CT molecular complexity index is 148. The van der Waals surface area contributed by atoms with E-state index in [1.54, 1.807) is 0 Å². The first-order chi connectivity index (χ1) is 6.10. The van der Waals surface area contributed by atoms with Crippen molar-refractivity contribution in [3.05, 3.63) is 0 Å². The average Bonchev–Trinajstić information content (AvgIpc) is 2.04. The molecule has 0 aliphatic rings. The van der Waals surface area contributed by atoms with Crippen molar-refractivity contribution >= 4 is 21.9 Å². The Morgan fingerprint density at radius 2 is 2.00 bits per heavy atom. The number of carbonyl (C=O) groups is 1. The predicted octanol–water partition coefficient (Wildman–Crippen LogP) is 3.00. The van der Waals surface area contributed by atoms with Gasteiger partial charge >= 0.3 is 5.97 Å². The summed E-state index contributed by atoms with van der Waals surface area (Å²) in [5, 5.41) is 1.00. The van der Waals surface area contributed by atoms with Crippen molar-refractivity contribution in [2.45, 2.75) is 33.6 Å². The maximum Gasteiger partial charge on any atom is 0.306 e. The predicted molar refractivity (Wildman–Crippen MR) is 58.0 cm³/mol. The highest BCUT2D eigenvalue weighted by Crippen LogP contribution is 2.17. The van der Waals surface area contributed by atoms with Gasteiger partial charge in [0.25, 0.3) is 0 Å². The Balaban J connectivity index is 3.60. The molecule has 0 aromatic rings. The smallest absolute Gasteiger partial charge is 0.306 e. The van der Waals surface area contributed by atoms with E-state index < -0.39 is 0 Å². The van der Waals surface area contributed by atoms with Gasteiger partial charge in [-0.3, -0.25) is 4.79 Å². The third-order valence-corrected chi connectivity index (χ3v) is 2.99. The molecule has 0 aliphatic heterocycles. The standard InChI is InChI=1S/C10H19BrO2/c1-4-13-10(12)6-8(2)5-9(3)7-11/h8-9H,4-7H2,1-3H3/t8-,9+/m1/s1. The van der Waals surface area contributed by atoms with Crippen LogP contribution in [0.2, 0.25) is 0 Å². The van der Waals surface area contributed by atoms with Crippen LogP contribution in [0.3, 0.4) is 0 Å². The van der Waals surface area contributed by atoms with Crippen molar-refractivity contribution in [1.82, 2.24) is 0 Å². The minimum Gasteiger partial charge on any atom is -0.466 e. The molecule has 0 saturated heterocycles. The zero-order chi connectivity index (χ0) is 10.3. The number of alkyl halides is 1. The zero-order valence-electron chi connectivity index (χ0n) is 8.68. The number of esters is 1. The van der Waals surface area contributed by atoms with Gasteiger partial charge in [-0.1, -0.05) is 29.8 Å². The Hall–Kier alpha value is -0.0500. The number of ether oxygens (including phenoxy) is 1. The summed E-state index contributed by atoms with van der Waals surface area (Å²) in [5.74, 6) is 0.979. The molecule has 2 nitrogen and oxygen atoms in total. The maximum atomic E-state index is 11.1. The molecule has 0 aromatic carbocycles. The lowest BCUT2D eigenvalue weighted by Crippen LogP contribution is -2.12. The summed E-state index contributed by atoms with van der Waals surface area (Å²) in [6, 6.07) is 0. The largest absolute Gasteiger partial charge is 0.466 e. The Morgan fingerprint density at radius 3 is 2.46 bits per heavy atom. The van der Waals surface area contributed by atoms with Crippen molar-refractivity contribution in [2.24, 2.45) is 11.8 Å². The molecule has 0 heterocycles. The molecular formula is C10H19BrO2. The van der Waals surface area contributed by atoms with Crippen molar-refractivity contribution in [3.63, 3.8) is 0 Å². The van der Waals surface area contributed by atoms with E-state index >= 15 is 0 Å². The highest BCUT2D eigenvalue weighted by molar-refractivity contribution is 9.09. The normalized spacial score (nSPS) is 15.1. The number of halogens is 1. The van der Waals surface area contributed by atoms with Gasteiger partial charge in [0, 0.05) is 11.8 Å². The van der Waals surface area contributed by atoms with Crippen molar-refractivity contribution < 1.29 is 9.53 Å². The van der Waals surface area contributed by atoms with E-state index in [0.717, 1.165) is 11.8 Å². The highest BCUT2D eigenvalue weighted by Gasteiger charge is 2.12. The SMILES string of the molecule is CCOC(=O)C[C@H](C)C[C@H](C)CBr. The maximum absolute atomic E-state index is 11.1. The van der Waals surface area contributed by atoms with Crippen LogP contribution < -0.4 is 0 Å². The molecule has 0 spiro atoms. The fourth-order valence-corrected chi connectivity index (χ4v) is 1.60. The first-order valence-corrected chi connectivity index (χ1v) is 5.93. The third kappa shape index (κ3) is 7.05. The quantitative estimate of drug-likeness (QED) is 0.535. The number of carbonyl (C=O) groups excluding carboxylic acids is 1. The molecule has 13 heavy (non-hydrogen) atoms. The summed E-state index contributed by atoms with van der Waals surface area (Å²) in [4.78, 5) is 11.1. The van der Waals surface area contributed by atoms with E-state index in [1.807, 2.05) is 6.92 Å². The lowest BCUT2D eigenvalue weighted by atomic mass is 9.96. The highest BCUT2D eigenvalue weighted by atomic mass is 79.9. The van der Waals surface area contributed by atoms with Crippen molar-refractivity contribution in [2.75, 3.05) is 11.9 Å². The summed E-state index contributed by atoms with van der Waals surface area (Å²) >= 11 is 3.42. The van der Waals surface area contributed by atoms with Gasteiger partial charge in [-0.05, 0) is 25.2 Å². The molecule has 0 saturated carbocycles. The van der Waals surface area contributed by atoms with Gasteiger partial charge in [0.1, 0.15) is 0 Å². The lowest BCUT2D eigenvalue weighted by Gasteiger charge is -2.14. The van der Waals surface area contributed by atoms with Gasteiger partial charge in [-0.25, -0.2) is 0 Å². The molecule has 0 bridgehead atoms. The minimum absolute atomic E-state index is 0.0724. The van der Waals surface area contributed by atoms with Gasteiger partial charge in [-0.15, -0.1) is 0 Å². The second-order valence-corrected chi connectivity index (χ2v) is 4.26. The van der Waals surface area contributed by atoms with Crippen LogP contribution in [-0.2, 0) is 9.53 Å². The Kier molecular flexibility index (Phi) is 7.33. The molecule has 0 N–H and O–H groups in total. The van der Waals surface area contributed by atoms with E-state index in [4.69, 9.17) is 4.74 Å². The second-order valence-electron chi connectivity index (χ2n) is 3.61. The van der Waals surface area contributed by atoms with Crippen LogP contribution in [0.25, 0.3) is 0 Å². The van der Waals surface area contributed by atoms with Crippen LogP contribution in [0, 0.1) is 11.8 Å². The molecule has 0 rings (SSSR count). The summed E-state index contributed by atoms with van der Waals surface area (Å²) in [7, 11) is 0. The lowest BCUT2D eigenvalue weighted by molar-refractivity contribution is -0.144. The molecule has 0 aliphatic carbocycles. The molecule has 0 radical (unpaired) electrons. The summed E-state index contributed by atoms with van der Waals surface area (Å²) in [6.45, 7) is 6.59. The van der Waals surface area contributed by atoms with Crippen LogP contribution in [0.4, 0.5) is 0 Å². The van der Waals surface area contributed by atoms with Crippen LogP contribution in [-0.4, -0.2) is 17.9 Å². The number of hydrogen-bond acceptors (Lipinski definition) is 2. The van der Waals surface area contributed by atoms with Crippen LogP contribution in [0.15, 0.2) is 0 Å². The Morgan fingerprint density at radius 1 is 1.38 bits per heavy atom. The van der Waals surface area contributed by atoms with Crippen molar-refractivity contribution in [1.29, 1.82) is 0 Å². The molecule has 0 aromatic heterocycles. The molecule has 78 valence electrons. The zero-order valence-corrected chi connectivity index (χ0v) is 10.3. The number of rotatable bonds is 6. The van der Waals surface area contributed by atoms with E-state index in [1.165, 1.54) is 0 Å². The van der Waals surface area contributed by atoms with Crippen LogP contribution in [0.5, 0.6) is 0 Å². The average molecular weight is 251 g/mol. The van der Waals surface area contributed by atoms with Gasteiger partial charge in [0.2, 0.25) is 0 Å². The van der Waals surface area contributed by atoms with E-state index in [9.17, 15) is 4.79 Å². The number of hydrogen-bond donors (Lipinski definition) is 0. The fourth-order valence-electron chi connectivity index (χ4n) is 1.34. The van der Waals surface area contributed by atoms with Gasteiger partial charge in [0.05, 0.1) is 6.61 Å². The fraction of sp³-hybridized carbons (Fsp3) is 0.900. The minimum atomic E-state index is -0.0724. The first-order valence-electron chi connectivity index (χ1n) is 4.81. The van der Waals surface area contributed by atoms with Gasteiger partial charge in [0.15, 0.2) is 0 Å². The van der Waals surface area contributed by atoms with Gasteiger partial charge < -0.3 is 4.74 Å². The van der Waals surface area contributed by atoms with Crippen LogP contribution in [0.1, 0.15) is 33.6 Å². The molecule has 3 heteroatoms. The molecule has 0 fully saturated rings. The topological polar surface area (TPSA) is 26.3 Å². The first kappa shape index (κ1) is 12.9. The third-order valence-electron chi connectivity index (χ3n) is 1.89. The van der Waals surface area contributed by atoms with E-state index in [2.05, 4.69) is 29.8 Å². The van der Waals surface area contributed by atoms with Crippen molar-refractivity contribution in [3.8, 4) is 0 Å².